The molecular weight excluding hydrogens is 116 g/mol. The van der Waals surface area contributed by atoms with Crippen molar-refractivity contribution in [3.8, 4) is 0 Å². The molecule has 4 nitrogen and oxygen atoms in total. The summed E-state index contributed by atoms with van der Waals surface area (Å²) in [6.45, 7) is 0. The van der Waals surface area contributed by atoms with Crippen molar-refractivity contribution in [1.82, 2.24) is 20.2 Å². The number of rotatable bonds is 0. The average molecular weight is 120 g/mol. The summed E-state index contributed by atoms with van der Waals surface area (Å²) in [4.78, 5) is 6.87. The summed E-state index contributed by atoms with van der Waals surface area (Å²) < 4.78 is 0. The molecule has 0 aliphatic heterocycles. The minimum atomic E-state index is 0.852. The maximum atomic E-state index is 3.96. The highest BCUT2D eigenvalue weighted by Crippen LogP contribution is 2.01. The molecule has 4 heteroatoms. The summed E-state index contributed by atoms with van der Waals surface area (Å²) in [7, 11) is 0. The van der Waals surface area contributed by atoms with Gasteiger partial charge in [0.2, 0.25) is 0 Å². The summed E-state index contributed by atoms with van der Waals surface area (Å²) in [5.74, 6) is 0. The molecule has 2 heterocycles. The van der Waals surface area contributed by atoms with Gasteiger partial charge in [0.05, 0.1) is 24.2 Å². The van der Waals surface area contributed by atoms with Gasteiger partial charge in [-0.05, 0) is 0 Å². The van der Waals surface area contributed by atoms with Gasteiger partial charge in [0, 0.05) is 0 Å². The Bertz CT molecular complexity index is 283. The molecule has 0 saturated heterocycles. The van der Waals surface area contributed by atoms with Crippen molar-refractivity contribution in [3.63, 3.8) is 0 Å². The first-order chi connectivity index (χ1) is 4.47. The Morgan fingerprint density at radius 3 is 3.00 bits per heavy atom. The first kappa shape index (κ1) is 4.43. The van der Waals surface area contributed by atoms with Crippen LogP contribution in [0.1, 0.15) is 0 Å². The van der Waals surface area contributed by atoms with Gasteiger partial charge in [-0.3, -0.25) is 0 Å². The Kier molecular flexibility index (Phi) is 0.745. The highest BCUT2D eigenvalue weighted by atomic mass is 15.1. The van der Waals surface area contributed by atoms with Crippen LogP contribution in [0.15, 0.2) is 18.7 Å². The third-order valence-electron chi connectivity index (χ3n) is 1.13. The topological polar surface area (TPSA) is 54.5 Å². The van der Waals surface area contributed by atoms with E-state index in [4.69, 9.17) is 0 Å². The number of hydrogen-bond acceptors (Lipinski definition) is 3. The van der Waals surface area contributed by atoms with Gasteiger partial charge in [0.1, 0.15) is 5.52 Å². The quantitative estimate of drug-likeness (QED) is 0.545. The molecule has 0 spiro atoms. The van der Waals surface area contributed by atoms with Gasteiger partial charge < -0.3 is 4.98 Å². The van der Waals surface area contributed by atoms with Gasteiger partial charge in [0.15, 0.2) is 0 Å². The smallest absolute Gasteiger partial charge is 0.110 e. The van der Waals surface area contributed by atoms with E-state index >= 15 is 0 Å². The zero-order valence-electron chi connectivity index (χ0n) is 4.57. The molecule has 2 rings (SSSR count). The Labute approximate surface area is 50.9 Å². The van der Waals surface area contributed by atoms with Crippen LogP contribution in [0.2, 0.25) is 0 Å². The number of H-pyrrole nitrogens is 1. The summed E-state index contributed by atoms with van der Waals surface area (Å²) in [5, 5.41) is 7.32. The normalized spacial score (nSPS) is 10.2. The minimum absolute atomic E-state index is 0.852. The van der Waals surface area contributed by atoms with Crippen LogP contribution in [0.25, 0.3) is 11.0 Å². The fourth-order valence-corrected chi connectivity index (χ4v) is 0.700. The molecule has 0 aliphatic rings. The van der Waals surface area contributed by atoms with Crippen molar-refractivity contribution in [3.05, 3.63) is 18.7 Å². The molecular formula is C5H4N4. The Morgan fingerprint density at radius 1 is 1.22 bits per heavy atom. The predicted molar refractivity (Wildman–Crippen MR) is 31.7 cm³/mol. The van der Waals surface area contributed by atoms with Gasteiger partial charge in [-0.25, -0.2) is 4.98 Å². The first-order valence-corrected chi connectivity index (χ1v) is 2.56. The van der Waals surface area contributed by atoms with Gasteiger partial charge in [0.25, 0.3) is 0 Å². The van der Waals surface area contributed by atoms with Gasteiger partial charge in [-0.2, -0.15) is 10.2 Å². The molecule has 2 aromatic heterocycles. The Hall–Kier alpha value is -1.45. The average Bonchev–Trinajstić information content (AvgIpc) is 2.33. The Morgan fingerprint density at radius 2 is 2.11 bits per heavy atom. The number of aromatic amines is 1. The lowest BCUT2D eigenvalue weighted by molar-refractivity contribution is 1.05. The van der Waals surface area contributed by atoms with Crippen LogP contribution in [0.3, 0.4) is 0 Å². The molecule has 0 aromatic carbocycles. The molecule has 0 atom stereocenters. The van der Waals surface area contributed by atoms with E-state index in [1.807, 2.05) is 0 Å². The minimum Gasteiger partial charge on any atom is -0.343 e. The highest BCUT2D eigenvalue weighted by molar-refractivity contribution is 5.71. The van der Waals surface area contributed by atoms with Gasteiger partial charge >= 0.3 is 0 Å². The van der Waals surface area contributed by atoms with E-state index in [9.17, 15) is 0 Å². The lowest BCUT2D eigenvalue weighted by atomic mass is 10.5. The summed E-state index contributed by atoms with van der Waals surface area (Å²) in [5.41, 5.74) is 1.77. The Balaban J connectivity index is 2.95. The van der Waals surface area contributed by atoms with Crippen molar-refractivity contribution < 1.29 is 0 Å². The fourth-order valence-electron chi connectivity index (χ4n) is 0.700. The van der Waals surface area contributed by atoms with Gasteiger partial charge in [-0.1, -0.05) is 0 Å². The molecule has 0 aliphatic carbocycles. The second-order valence-corrected chi connectivity index (χ2v) is 1.69. The van der Waals surface area contributed by atoms with E-state index in [0.717, 1.165) is 11.0 Å². The van der Waals surface area contributed by atoms with Crippen LogP contribution in [-0.2, 0) is 0 Å². The maximum Gasteiger partial charge on any atom is 0.110 e. The maximum absolute atomic E-state index is 3.96. The number of imidazole rings is 1. The van der Waals surface area contributed by atoms with Crippen molar-refractivity contribution in [1.29, 1.82) is 0 Å². The van der Waals surface area contributed by atoms with Crippen molar-refractivity contribution in [2.75, 3.05) is 0 Å². The van der Waals surface area contributed by atoms with E-state index in [1.54, 1.807) is 18.7 Å². The van der Waals surface area contributed by atoms with Crippen LogP contribution in [0.5, 0.6) is 0 Å². The van der Waals surface area contributed by atoms with E-state index in [1.165, 1.54) is 0 Å². The van der Waals surface area contributed by atoms with E-state index in [2.05, 4.69) is 20.2 Å². The third kappa shape index (κ3) is 0.561. The predicted octanol–water partition coefficient (Wildman–Crippen LogP) is 0.353. The summed E-state index contributed by atoms with van der Waals surface area (Å²) in [6, 6.07) is 0. The highest BCUT2D eigenvalue weighted by Gasteiger charge is 1.90. The van der Waals surface area contributed by atoms with Crippen molar-refractivity contribution >= 4 is 11.0 Å². The lowest BCUT2D eigenvalue weighted by Gasteiger charge is -1.79. The van der Waals surface area contributed by atoms with Crippen molar-refractivity contribution in [2.24, 2.45) is 0 Å². The number of hydrogen-bond donors (Lipinski definition) is 1. The molecule has 0 saturated carbocycles. The summed E-state index contributed by atoms with van der Waals surface area (Å²) >= 11 is 0. The van der Waals surface area contributed by atoms with Crippen LogP contribution < -0.4 is 0 Å². The summed E-state index contributed by atoms with van der Waals surface area (Å²) in [6.07, 6.45) is 4.88. The number of aromatic nitrogens is 4. The lowest BCUT2D eigenvalue weighted by Crippen LogP contribution is -1.76. The molecule has 0 fully saturated rings. The molecule has 2 aromatic rings. The number of fused-ring (bicyclic) bond motifs is 1. The van der Waals surface area contributed by atoms with E-state index in [-0.39, 0.29) is 0 Å². The van der Waals surface area contributed by atoms with Crippen LogP contribution >= 0.6 is 0 Å². The zero-order chi connectivity index (χ0) is 6.10. The second-order valence-electron chi connectivity index (χ2n) is 1.69. The SMILES string of the molecule is c1nc2cnncc2[nH]1. The van der Waals surface area contributed by atoms with Gasteiger partial charge in [-0.15, -0.1) is 0 Å². The van der Waals surface area contributed by atoms with E-state index in [0.29, 0.717) is 0 Å². The zero-order valence-corrected chi connectivity index (χ0v) is 4.57. The third-order valence-corrected chi connectivity index (χ3v) is 1.13. The molecule has 9 heavy (non-hydrogen) atoms. The number of nitrogens with zero attached hydrogens (tertiary/aromatic N) is 3. The monoisotopic (exact) mass is 120 g/mol. The molecule has 0 unspecified atom stereocenters. The standard InChI is InChI=1S/C5H4N4/c1-4-5(2-9-8-1)7-3-6-4/h1-3H,(H,6,7). The molecule has 1 N–H and O–H groups in total. The second kappa shape index (κ2) is 1.51. The molecule has 0 bridgehead atoms. The number of nitrogens with one attached hydrogen (secondary N) is 1. The molecule has 0 amide bonds. The molecule has 44 valence electrons. The van der Waals surface area contributed by atoms with Crippen LogP contribution in [-0.4, -0.2) is 20.2 Å². The largest absolute Gasteiger partial charge is 0.343 e. The van der Waals surface area contributed by atoms with Crippen molar-refractivity contribution in [2.45, 2.75) is 0 Å². The van der Waals surface area contributed by atoms with Crippen LogP contribution in [0, 0.1) is 0 Å². The fraction of sp³-hybridized carbons (Fsp3) is 0. The van der Waals surface area contributed by atoms with Crippen LogP contribution in [0.4, 0.5) is 0 Å². The molecule has 0 radical (unpaired) electrons. The van der Waals surface area contributed by atoms with E-state index < -0.39 is 0 Å². The first-order valence-electron chi connectivity index (χ1n) is 2.56.